The van der Waals surface area contributed by atoms with Gasteiger partial charge in [-0.1, -0.05) is 439 Å². The maximum absolute atomic E-state index is 13.2. The number of aliphatic hydroxyl groups excluding tert-OH is 1. The van der Waals surface area contributed by atoms with Crippen LogP contribution in [0.3, 0.4) is 0 Å². The van der Waals surface area contributed by atoms with E-state index >= 15 is 0 Å². The van der Waals surface area contributed by atoms with Crippen molar-refractivity contribution in [1.29, 1.82) is 0 Å². The fourth-order valence-corrected chi connectivity index (χ4v) is 15.8. The van der Waals surface area contributed by atoms with E-state index in [2.05, 4.69) is 34.6 Å². The minimum atomic E-state index is -4.97. The van der Waals surface area contributed by atoms with Crippen LogP contribution in [-0.2, 0) is 65.4 Å². The van der Waals surface area contributed by atoms with Gasteiger partial charge in [-0.2, -0.15) is 0 Å². The lowest BCUT2D eigenvalue weighted by atomic mass is 10.0. The van der Waals surface area contributed by atoms with E-state index in [0.717, 1.165) is 109 Å². The molecular weight excluding hydrogens is 1410 g/mol. The monoisotopic (exact) mass is 1590 g/mol. The quantitative estimate of drug-likeness (QED) is 0.0222. The summed E-state index contributed by atoms with van der Waals surface area (Å²) >= 11 is 0. The second kappa shape index (κ2) is 82.6. The van der Waals surface area contributed by atoms with Gasteiger partial charge in [0.15, 0.2) is 12.2 Å². The van der Waals surface area contributed by atoms with Crippen molar-refractivity contribution in [2.75, 3.05) is 39.6 Å². The molecule has 109 heavy (non-hydrogen) atoms. The van der Waals surface area contributed by atoms with Gasteiger partial charge in [-0.05, 0) is 31.6 Å². The molecule has 0 amide bonds. The Hall–Kier alpha value is -1.94. The minimum absolute atomic E-state index is 0.109. The first kappa shape index (κ1) is 107. The zero-order chi connectivity index (χ0) is 79.7. The van der Waals surface area contributed by atoms with E-state index in [9.17, 15) is 43.2 Å². The molecule has 0 aromatic carbocycles. The van der Waals surface area contributed by atoms with Crippen molar-refractivity contribution in [1.82, 2.24) is 0 Å². The minimum Gasteiger partial charge on any atom is -0.462 e. The van der Waals surface area contributed by atoms with Crippen LogP contribution in [0.25, 0.3) is 0 Å². The van der Waals surface area contributed by atoms with E-state index in [-0.39, 0.29) is 25.7 Å². The molecule has 2 unspecified atom stereocenters. The number of carbonyl (C=O) groups is 4. The van der Waals surface area contributed by atoms with E-state index in [0.29, 0.717) is 25.7 Å². The van der Waals surface area contributed by atoms with Gasteiger partial charge in [0.05, 0.1) is 26.4 Å². The van der Waals surface area contributed by atoms with Crippen molar-refractivity contribution in [3.05, 3.63) is 0 Å². The Morgan fingerprint density at radius 3 is 0.624 bits per heavy atom. The Morgan fingerprint density at radius 2 is 0.422 bits per heavy atom. The van der Waals surface area contributed by atoms with Crippen LogP contribution >= 0.6 is 15.6 Å². The molecule has 0 saturated heterocycles. The molecule has 0 spiro atoms. The summed E-state index contributed by atoms with van der Waals surface area (Å²) in [6, 6.07) is 0. The summed E-state index contributed by atoms with van der Waals surface area (Å²) in [4.78, 5) is 73.2. The highest BCUT2D eigenvalue weighted by molar-refractivity contribution is 7.47. The number of unbranched alkanes of at least 4 members (excludes halogenated alkanes) is 62. The fraction of sp³-hybridized carbons (Fsp3) is 0.956. The lowest BCUT2D eigenvalue weighted by Crippen LogP contribution is -2.30. The predicted molar refractivity (Wildman–Crippen MR) is 451 cm³/mol. The van der Waals surface area contributed by atoms with Crippen LogP contribution < -0.4 is 0 Å². The number of aliphatic hydroxyl groups is 1. The van der Waals surface area contributed by atoms with Gasteiger partial charge >= 0.3 is 39.5 Å². The Kier molecular flexibility index (Phi) is 81.1. The van der Waals surface area contributed by atoms with E-state index < -0.39 is 97.5 Å². The van der Waals surface area contributed by atoms with Gasteiger partial charge < -0.3 is 33.8 Å². The summed E-state index contributed by atoms with van der Waals surface area (Å²) in [5.41, 5.74) is 0. The lowest BCUT2D eigenvalue weighted by Gasteiger charge is -2.21. The van der Waals surface area contributed by atoms with Crippen molar-refractivity contribution >= 4 is 39.5 Å². The zero-order valence-corrected chi connectivity index (χ0v) is 73.5. The lowest BCUT2D eigenvalue weighted by molar-refractivity contribution is -0.161. The smallest absolute Gasteiger partial charge is 0.462 e. The third kappa shape index (κ3) is 83.8. The maximum atomic E-state index is 13.2. The topological polar surface area (TPSA) is 237 Å². The van der Waals surface area contributed by atoms with Crippen LogP contribution in [0.2, 0.25) is 0 Å². The average Bonchev–Trinajstić information content (AvgIpc) is 0.900. The molecular formula is C90H176O17P2. The van der Waals surface area contributed by atoms with E-state index in [1.54, 1.807) is 0 Å². The van der Waals surface area contributed by atoms with Crippen LogP contribution in [0.4, 0.5) is 0 Å². The first-order valence-corrected chi connectivity index (χ1v) is 49.6. The van der Waals surface area contributed by atoms with Gasteiger partial charge in [0.1, 0.15) is 19.3 Å². The standard InChI is InChI=1S/C90H176O17P2/c1-6-9-12-15-18-20-22-24-26-28-30-31-32-34-40-44-48-52-56-61-66-71-76-90(95)107-86(80-101-88(93)74-69-64-59-54-50-46-42-38-36-35-37-41-45-49-53-58-62-67-72-83(4)5)82-105-109(98,99)103-78-84(91)77-102-108(96,97)104-81-85(79-100-87(92)73-68-63-57-17-14-11-8-3)106-89(94)75-70-65-60-55-51-47-43-39-33-29-27-25-23-21-19-16-13-10-7-2/h83-86,91H,6-82H2,1-5H3,(H,96,97)(H,98,99)/t84-,85+,86+/m0/s1. The van der Waals surface area contributed by atoms with Crippen molar-refractivity contribution < 1.29 is 80.2 Å². The van der Waals surface area contributed by atoms with Gasteiger partial charge in [-0.3, -0.25) is 37.3 Å². The van der Waals surface area contributed by atoms with Crippen LogP contribution in [-0.4, -0.2) is 96.7 Å². The predicted octanol–water partition coefficient (Wildman–Crippen LogP) is 27.9. The highest BCUT2D eigenvalue weighted by atomic mass is 31.2. The van der Waals surface area contributed by atoms with Crippen molar-refractivity contribution in [2.45, 2.75) is 509 Å². The van der Waals surface area contributed by atoms with Gasteiger partial charge in [0.2, 0.25) is 0 Å². The summed E-state index contributed by atoms with van der Waals surface area (Å²) in [5, 5.41) is 10.7. The summed E-state index contributed by atoms with van der Waals surface area (Å²) in [6.45, 7) is 7.38. The number of rotatable bonds is 90. The molecule has 0 radical (unpaired) electrons. The maximum Gasteiger partial charge on any atom is 0.472 e. The van der Waals surface area contributed by atoms with Gasteiger partial charge in [0.25, 0.3) is 0 Å². The third-order valence-corrected chi connectivity index (χ3v) is 23.2. The Labute approximate surface area is 670 Å². The molecule has 19 heteroatoms. The molecule has 3 N–H and O–H groups in total. The van der Waals surface area contributed by atoms with Crippen LogP contribution in [0.5, 0.6) is 0 Å². The third-order valence-electron chi connectivity index (χ3n) is 21.3. The number of ether oxygens (including phenoxy) is 4. The molecule has 0 aliphatic carbocycles. The highest BCUT2D eigenvalue weighted by Crippen LogP contribution is 2.45. The molecule has 0 aliphatic heterocycles. The summed E-state index contributed by atoms with van der Waals surface area (Å²) in [5.74, 6) is -1.28. The number of carbonyl (C=O) groups excluding carboxylic acids is 4. The Balaban J connectivity index is 5.14. The summed E-state index contributed by atoms with van der Waals surface area (Å²) in [7, 11) is -9.93. The second-order valence-corrected chi connectivity index (χ2v) is 35.7. The zero-order valence-electron chi connectivity index (χ0n) is 71.7. The molecule has 0 heterocycles. The normalized spacial score (nSPS) is 13.7. The Bertz CT molecular complexity index is 2070. The number of hydrogen-bond acceptors (Lipinski definition) is 15. The molecule has 0 saturated carbocycles. The van der Waals surface area contributed by atoms with Crippen molar-refractivity contribution in [2.24, 2.45) is 5.92 Å². The molecule has 0 rings (SSSR count). The SMILES string of the molecule is CCCCCCCCCCCCCCCCCCCCCCCCC(=O)O[C@H](COC(=O)CCCCCCCCCCCCCCCCCCCCC(C)C)COP(=O)(O)OC[C@@H](O)COP(=O)(O)OC[C@@H](COC(=O)CCCCCCCCC)OC(=O)CCCCCCCCCCCCCCCCCCCCC. The number of esters is 4. The van der Waals surface area contributed by atoms with E-state index in [4.69, 9.17) is 37.0 Å². The van der Waals surface area contributed by atoms with E-state index in [1.165, 1.54) is 302 Å². The molecule has 0 aromatic heterocycles. The number of phosphoric acid groups is 2. The first-order valence-electron chi connectivity index (χ1n) is 46.6. The highest BCUT2D eigenvalue weighted by Gasteiger charge is 2.31. The largest absolute Gasteiger partial charge is 0.472 e. The van der Waals surface area contributed by atoms with Crippen molar-refractivity contribution in [3.8, 4) is 0 Å². The number of phosphoric ester groups is 2. The summed E-state index contributed by atoms with van der Waals surface area (Å²) in [6.07, 6.45) is 78.2. The molecule has 0 aromatic rings. The van der Waals surface area contributed by atoms with Crippen molar-refractivity contribution in [3.63, 3.8) is 0 Å². The second-order valence-electron chi connectivity index (χ2n) is 32.8. The number of hydrogen-bond donors (Lipinski definition) is 3. The fourth-order valence-electron chi connectivity index (χ4n) is 14.2. The average molecular weight is 1590 g/mol. The van der Waals surface area contributed by atoms with Crippen LogP contribution in [0.1, 0.15) is 490 Å². The van der Waals surface area contributed by atoms with Crippen LogP contribution in [0, 0.1) is 5.92 Å². The van der Waals surface area contributed by atoms with Crippen LogP contribution in [0.15, 0.2) is 0 Å². The molecule has 0 bridgehead atoms. The molecule has 648 valence electrons. The molecule has 17 nitrogen and oxygen atoms in total. The first-order chi connectivity index (χ1) is 53.0. The molecule has 5 atom stereocenters. The van der Waals surface area contributed by atoms with Gasteiger partial charge in [-0.15, -0.1) is 0 Å². The molecule has 0 fully saturated rings. The van der Waals surface area contributed by atoms with Gasteiger partial charge in [0, 0.05) is 25.7 Å². The van der Waals surface area contributed by atoms with Gasteiger partial charge in [-0.25, -0.2) is 9.13 Å². The Morgan fingerprint density at radius 1 is 0.248 bits per heavy atom. The molecule has 0 aliphatic rings. The van der Waals surface area contributed by atoms with E-state index in [1.807, 2.05) is 0 Å². The summed E-state index contributed by atoms with van der Waals surface area (Å²) < 4.78 is 68.9.